The highest BCUT2D eigenvalue weighted by Crippen LogP contribution is 2.35. The van der Waals surface area contributed by atoms with Crippen LogP contribution in [0.4, 0.5) is 11.4 Å². The molecule has 2 N–H and O–H groups in total. The van der Waals surface area contributed by atoms with Gasteiger partial charge in [0, 0.05) is 6.07 Å². The van der Waals surface area contributed by atoms with Crippen molar-refractivity contribution >= 4 is 52.6 Å². The Kier molecular flexibility index (Phi) is 6.12. The summed E-state index contributed by atoms with van der Waals surface area (Å²) in [6.45, 7) is 0. The maximum absolute atomic E-state index is 13.1. The first-order valence-electron chi connectivity index (χ1n) is 9.87. The molecule has 0 bridgehead atoms. The van der Waals surface area contributed by atoms with Gasteiger partial charge < -0.3 is 14.3 Å². The average molecular weight is 493 g/mol. The van der Waals surface area contributed by atoms with Crippen molar-refractivity contribution in [3.8, 4) is 17.1 Å². The molecule has 0 atom stereocenters. The smallest absolute Gasteiger partial charge is 0.335 e. The fourth-order valence-corrected chi connectivity index (χ4v) is 3.64. The summed E-state index contributed by atoms with van der Waals surface area (Å²) in [6, 6.07) is 12.5. The SMILES string of the molecule is COc1cc([N+](=O)[O-])ccc1-c1ccc(/C=C2\C(=O)NC(=S)N(c3ccc(C(=O)O)cc3)C2=O)o1. The third kappa shape index (κ3) is 4.50. The molecule has 0 saturated carbocycles. The van der Waals surface area contributed by atoms with Crippen LogP contribution in [-0.2, 0) is 9.59 Å². The predicted octanol–water partition coefficient (Wildman–Crippen LogP) is 3.39. The summed E-state index contributed by atoms with van der Waals surface area (Å²) >= 11 is 5.13. The fraction of sp³-hybridized carbons (Fsp3) is 0.0435. The van der Waals surface area contributed by atoms with Gasteiger partial charge in [-0.25, -0.2) is 4.79 Å². The highest BCUT2D eigenvalue weighted by molar-refractivity contribution is 7.80. The molecular weight excluding hydrogens is 478 g/mol. The van der Waals surface area contributed by atoms with Crippen LogP contribution in [0.5, 0.6) is 5.75 Å². The number of methoxy groups -OCH3 is 1. The van der Waals surface area contributed by atoms with E-state index in [1.54, 1.807) is 6.07 Å². The van der Waals surface area contributed by atoms with E-state index in [4.69, 9.17) is 26.5 Å². The number of nitro groups is 1. The topological polar surface area (TPSA) is 152 Å². The van der Waals surface area contributed by atoms with E-state index >= 15 is 0 Å². The Morgan fingerprint density at radius 2 is 1.89 bits per heavy atom. The number of carboxylic acids is 1. The van der Waals surface area contributed by atoms with Crippen molar-refractivity contribution in [2.24, 2.45) is 0 Å². The zero-order valence-corrected chi connectivity index (χ0v) is 18.7. The van der Waals surface area contributed by atoms with E-state index in [0.717, 1.165) is 4.90 Å². The van der Waals surface area contributed by atoms with Crippen molar-refractivity contribution in [1.29, 1.82) is 0 Å². The number of thiocarbonyl (C=S) groups is 1. The summed E-state index contributed by atoms with van der Waals surface area (Å²) in [5.74, 6) is -1.93. The summed E-state index contributed by atoms with van der Waals surface area (Å²) in [4.78, 5) is 48.2. The number of hydrogen-bond acceptors (Lipinski definition) is 8. The first-order valence-corrected chi connectivity index (χ1v) is 10.3. The Hall–Kier alpha value is -4.84. The maximum atomic E-state index is 13.1. The number of nitrogens with zero attached hydrogens (tertiary/aromatic N) is 2. The lowest BCUT2D eigenvalue weighted by Gasteiger charge is -2.28. The number of anilines is 1. The Labute approximate surface area is 202 Å². The molecule has 0 aliphatic carbocycles. The lowest BCUT2D eigenvalue weighted by molar-refractivity contribution is -0.384. The molecule has 1 fully saturated rings. The molecule has 2 aromatic carbocycles. The molecule has 176 valence electrons. The van der Waals surface area contributed by atoms with E-state index in [9.17, 15) is 24.5 Å². The standard InChI is InChI=1S/C23H15N3O8S/c1-33-19-10-14(26(31)32)6-8-16(19)18-9-7-15(34-18)11-17-20(27)24-23(35)25(21(17)28)13-4-2-12(3-5-13)22(29)30/h2-11H,1H3,(H,29,30)(H,24,27,35)/b17-11+. The van der Waals surface area contributed by atoms with Gasteiger partial charge in [0.2, 0.25) is 0 Å². The molecule has 0 unspecified atom stereocenters. The summed E-state index contributed by atoms with van der Waals surface area (Å²) in [7, 11) is 1.36. The number of amides is 2. The monoisotopic (exact) mass is 493 g/mol. The number of ether oxygens (including phenoxy) is 1. The minimum Gasteiger partial charge on any atom is -0.496 e. The Morgan fingerprint density at radius 1 is 1.17 bits per heavy atom. The van der Waals surface area contributed by atoms with Crippen LogP contribution in [0.2, 0.25) is 0 Å². The largest absolute Gasteiger partial charge is 0.496 e. The van der Waals surface area contributed by atoms with Gasteiger partial charge in [-0.2, -0.15) is 0 Å². The quantitative estimate of drug-likeness (QED) is 0.173. The average Bonchev–Trinajstić information content (AvgIpc) is 3.30. The van der Waals surface area contributed by atoms with E-state index in [0.29, 0.717) is 11.3 Å². The molecule has 1 aliphatic heterocycles. The molecule has 1 aliphatic rings. The molecule has 1 aromatic heterocycles. The number of carbonyl (C=O) groups excluding carboxylic acids is 2. The Bertz CT molecular complexity index is 1420. The van der Waals surface area contributed by atoms with Crippen molar-refractivity contribution in [1.82, 2.24) is 5.32 Å². The number of nitro benzene ring substituents is 1. The number of carbonyl (C=O) groups is 3. The first kappa shape index (κ1) is 23.3. The molecule has 11 nitrogen and oxygen atoms in total. The summed E-state index contributed by atoms with van der Waals surface area (Å²) in [5.41, 5.74) is 0.303. The predicted molar refractivity (Wildman–Crippen MR) is 127 cm³/mol. The van der Waals surface area contributed by atoms with Crippen molar-refractivity contribution < 1.29 is 33.6 Å². The Balaban J connectivity index is 1.66. The van der Waals surface area contributed by atoms with Crippen molar-refractivity contribution in [2.75, 3.05) is 12.0 Å². The van der Waals surface area contributed by atoms with Crippen LogP contribution in [0.1, 0.15) is 16.1 Å². The number of furan rings is 1. The van der Waals surface area contributed by atoms with Crippen LogP contribution >= 0.6 is 12.2 Å². The first-order chi connectivity index (χ1) is 16.7. The maximum Gasteiger partial charge on any atom is 0.335 e. The lowest BCUT2D eigenvalue weighted by Crippen LogP contribution is -2.54. The van der Waals surface area contributed by atoms with Gasteiger partial charge >= 0.3 is 5.97 Å². The van der Waals surface area contributed by atoms with Gasteiger partial charge in [0.05, 0.1) is 34.9 Å². The van der Waals surface area contributed by atoms with Gasteiger partial charge in [-0.05, 0) is 60.8 Å². The van der Waals surface area contributed by atoms with Crippen LogP contribution in [0.15, 0.2) is 64.6 Å². The van der Waals surface area contributed by atoms with E-state index in [1.807, 2.05) is 0 Å². The lowest BCUT2D eigenvalue weighted by atomic mass is 10.1. The van der Waals surface area contributed by atoms with Gasteiger partial charge in [0.15, 0.2) is 5.11 Å². The number of rotatable bonds is 6. The molecule has 4 rings (SSSR count). The van der Waals surface area contributed by atoms with Gasteiger partial charge in [0.1, 0.15) is 22.8 Å². The van der Waals surface area contributed by atoms with Crippen molar-refractivity contribution in [2.45, 2.75) is 0 Å². The van der Waals surface area contributed by atoms with E-state index in [2.05, 4.69) is 5.32 Å². The minimum absolute atomic E-state index is 0.0220. The zero-order valence-electron chi connectivity index (χ0n) is 17.9. The van der Waals surface area contributed by atoms with Gasteiger partial charge in [-0.3, -0.25) is 29.9 Å². The molecule has 1 saturated heterocycles. The van der Waals surface area contributed by atoms with E-state index in [1.165, 1.54) is 61.7 Å². The summed E-state index contributed by atoms with van der Waals surface area (Å²) in [5, 5.41) is 22.3. The normalized spacial score (nSPS) is 14.7. The van der Waals surface area contributed by atoms with Crippen molar-refractivity contribution in [3.05, 3.63) is 81.6 Å². The Morgan fingerprint density at radius 3 is 2.51 bits per heavy atom. The number of aromatic carboxylic acids is 1. The minimum atomic E-state index is -1.13. The van der Waals surface area contributed by atoms with Crippen molar-refractivity contribution in [3.63, 3.8) is 0 Å². The summed E-state index contributed by atoms with van der Waals surface area (Å²) in [6.07, 6.45) is 1.24. The second-order valence-corrected chi connectivity index (χ2v) is 7.54. The second-order valence-electron chi connectivity index (χ2n) is 7.15. The molecule has 3 aromatic rings. The molecule has 2 heterocycles. The van der Waals surface area contributed by atoms with Crippen LogP contribution in [0, 0.1) is 10.1 Å². The zero-order chi connectivity index (χ0) is 25.3. The van der Waals surface area contributed by atoms with Crippen LogP contribution < -0.4 is 15.0 Å². The third-order valence-electron chi connectivity index (χ3n) is 5.05. The summed E-state index contributed by atoms with van der Waals surface area (Å²) < 4.78 is 11.0. The fourth-order valence-electron chi connectivity index (χ4n) is 3.36. The molecule has 35 heavy (non-hydrogen) atoms. The third-order valence-corrected chi connectivity index (χ3v) is 5.33. The van der Waals surface area contributed by atoms with E-state index in [-0.39, 0.29) is 39.1 Å². The van der Waals surface area contributed by atoms with Gasteiger partial charge in [-0.15, -0.1) is 0 Å². The molecular formula is C23H15N3O8S. The number of non-ortho nitro benzene ring substituents is 1. The van der Waals surface area contributed by atoms with E-state index < -0.39 is 22.7 Å². The number of benzene rings is 2. The molecule has 0 radical (unpaired) electrons. The highest BCUT2D eigenvalue weighted by Gasteiger charge is 2.35. The van der Waals surface area contributed by atoms with Gasteiger partial charge in [-0.1, -0.05) is 0 Å². The number of hydrogen-bond donors (Lipinski definition) is 2. The van der Waals surface area contributed by atoms with Crippen LogP contribution in [0.3, 0.4) is 0 Å². The van der Waals surface area contributed by atoms with Crippen LogP contribution in [-0.4, -0.2) is 40.0 Å². The number of nitrogens with one attached hydrogen (secondary N) is 1. The second kappa shape index (κ2) is 9.19. The molecule has 2 amide bonds. The molecule has 0 spiro atoms. The number of carboxylic acid groups (broad SMARTS) is 1. The highest BCUT2D eigenvalue weighted by atomic mass is 32.1. The molecule has 12 heteroatoms. The van der Waals surface area contributed by atoms with Crippen LogP contribution in [0.25, 0.3) is 17.4 Å². The van der Waals surface area contributed by atoms with Gasteiger partial charge in [0.25, 0.3) is 17.5 Å².